The number of nitrogens with zero attached hydrogens (tertiary/aromatic N) is 2. The number of aryl methyl sites for hydroxylation is 1. The maximum atomic E-state index is 12.3. The quantitative estimate of drug-likeness (QED) is 0.814. The zero-order valence-electron chi connectivity index (χ0n) is 11.2. The summed E-state index contributed by atoms with van der Waals surface area (Å²) in [6.45, 7) is 3.95. The molecule has 0 unspecified atom stereocenters. The van der Waals surface area contributed by atoms with Gasteiger partial charge in [-0.2, -0.15) is 5.10 Å². The van der Waals surface area contributed by atoms with E-state index in [1.807, 2.05) is 44.2 Å². The number of anilines is 1. The molecule has 2 N–H and O–H groups in total. The van der Waals surface area contributed by atoms with Gasteiger partial charge in [-0.05, 0) is 13.8 Å². The number of rotatable bonds is 1. The predicted octanol–water partition coefficient (Wildman–Crippen LogP) is 1.61. The zero-order chi connectivity index (χ0) is 13.6. The Bertz CT molecular complexity index is 689. The molecule has 0 radical (unpaired) electrons. The number of hydrogen-bond acceptors (Lipinski definition) is 4. The minimum absolute atomic E-state index is 0.0721. The molecule has 1 aromatic heterocycles. The Morgan fingerprint density at radius 3 is 2.58 bits per heavy atom. The second-order valence-electron chi connectivity index (χ2n) is 5.27. The van der Waals surface area contributed by atoms with Crippen LogP contribution in [0.4, 0.5) is 5.69 Å². The van der Waals surface area contributed by atoms with Gasteiger partial charge in [-0.1, -0.05) is 30.3 Å². The monoisotopic (exact) mass is 256 g/mol. The van der Waals surface area contributed by atoms with Crippen LogP contribution in [0.25, 0.3) is 11.3 Å². The van der Waals surface area contributed by atoms with Gasteiger partial charge in [-0.25, -0.2) is 10.1 Å². The van der Waals surface area contributed by atoms with Gasteiger partial charge in [0.1, 0.15) is 5.69 Å². The number of fused-ring (bicyclic) bond motifs is 1. The highest BCUT2D eigenvalue weighted by atomic mass is 16.1. The van der Waals surface area contributed by atoms with Crippen LogP contribution >= 0.6 is 0 Å². The molecule has 0 fully saturated rings. The van der Waals surface area contributed by atoms with Crippen molar-refractivity contribution in [2.24, 2.45) is 7.05 Å². The third kappa shape index (κ3) is 1.74. The van der Waals surface area contributed by atoms with Crippen molar-refractivity contribution in [3.63, 3.8) is 0 Å². The third-order valence-corrected chi connectivity index (χ3v) is 3.42. The lowest BCUT2D eigenvalue weighted by Crippen LogP contribution is -2.37. The molecule has 0 saturated heterocycles. The molecule has 5 nitrogen and oxygen atoms in total. The van der Waals surface area contributed by atoms with Crippen LogP contribution in [0.5, 0.6) is 0 Å². The summed E-state index contributed by atoms with van der Waals surface area (Å²) in [6, 6.07) is 9.85. The summed E-state index contributed by atoms with van der Waals surface area (Å²) in [4.78, 5) is 12.3. The highest BCUT2D eigenvalue weighted by Crippen LogP contribution is 2.36. The SMILES string of the molecule is Cn1nc(-c2ccccc2)c2c(c1=O)C(C)(C)NN2. The molecule has 1 aliphatic rings. The molecular weight excluding hydrogens is 240 g/mol. The summed E-state index contributed by atoms with van der Waals surface area (Å²) in [5, 5.41) is 4.38. The Hall–Kier alpha value is -2.14. The van der Waals surface area contributed by atoms with Crippen LogP contribution in [0, 0.1) is 0 Å². The highest BCUT2D eigenvalue weighted by Gasteiger charge is 2.35. The van der Waals surface area contributed by atoms with Crippen molar-refractivity contribution in [1.29, 1.82) is 0 Å². The maximum Gasteiger partial charge on any atom is 0.273 e. The van der Waals surface area contributed by atoms with E-state index < -0.39 is 5.54 Å². The van der Waals surface area contributed by atoms with Crippen LogP contribution in [0.3, 0.4) is 0 Å². The van der Waals surface area contributed by atoms with Gasteiger partial charge in [0.05, 0.1) is 16.8 Å². The average Bonchev–Trinajstić information content (AvgIpc) is 2.71. The Morgan fingerprint density at radius 2 is 1.89 bits per heavy atom. The second kappa shape index (κ2) is 3.93. The van der Waals surface area contributed by atoms with Crippen molar-refractivity contribution < 1.29 is 0 Å². The molecule has 0 bridgehead atoms. The van der Waals surface area contributed by atoms with Gasteiger partial charge in [0.2, 0.25) is 0 Å². The lowest BCUT2D eigenvalue weighted by atomic mass is 9.95. The Kier molecular flexibility index (Phi) is 2.46. The van der Waals surface area contributed by atoms with Crippen molar-refractivity contribution in [1.82, 2.24) is 15.2 Å². The first-order valence-corrected chi connectivity index (χ1v) is 6.21. The van der Waals surface area contributed by atoms with Gasteiger partial charge in [0, 0.05) is 12.6 Å². The Labute approximate surface area is 111 Å². The van der Waals surface area contributed by atoms with Crippen molar-refractivity contribution in [3.05, 3.63) is 46.2 Å². The lowest BCUT2D eigenvalue weighted by molar-refractivity contribution is 0.462. The van der Waals surface area contributed by atoms with Crippen LogP contribution in [-0.2, 0) is 12.6 Å². The average molecular weight is 256 g/mol. The van der Waals surface area contributed by atoms with Gasteiger partial charge in [0.25, 0.3) is 5.56 Å². The van der Waals surface area contributed by atoms with E-state index in [4.69, 9.17) is 0 Å². The van der Waals surface area contributed by atoms with Gasteiger partial charge < -0.3 is 5.43 Å². The standard InChI is InChI=1S/C14H16N4O/c1-14(2)10-12(15-17-14)11(16-18(3)13(10)19)9-7-5-4-6-8-9/h4-8,15,17H,1-3H3. The van der Waals surface area contributed by atoms with Gasteiger partial charge in [-0.3, -0.25) is 4.79 Å². The molecule has 98 valence electrons. The summed E-state index contributed by atoms with van der Waals surface area (Å²) in [6.07, 6.45) is 0. The predicted molar refractivity (Wildman–Crippen MR) is 74.7 cm³/mol. The maximum absolute atomic E-state index is 12.3. The number of hydrogen-bond donors (Lipinski definition) is 2. The van der Waals surface area contributed by atoms with Crippen LogP contribution < -0.4 is 16.4 Å². The molecule has 2 aromatic rings. The van der Waals surface area contributed by atoms with E-state index in [0.29, 0.717) is 0 Å². The highest BCUT2D eigenvalue weighted by molar-refractivity contribution is 5.78. The number of nitrogens with one attached hydrogen (secondary N) is 2. The van der Waals surface area contributed by atoms with Crippen LogP contribution in [0.1, 0.15) is 19.4 Å². The molecule has 0 spiro atoms. The summed E-state index contributed by atoms with van der Waals surface area (Å²) in [7, 11) is 1.68. The van der Waals surface area contributed by atoms with Crippen molar-refractivity contribution in [2.75, 3.05) is 5.43 Å². The molecule has 2 heterocycles. The summed E-state index contributed by atoms with van der Waals surface area (Å²) in [5.74, 6) is 0. The molecule has 0 amide bonds. The summed E-state index contributed by atoms with van der Waals surface area (Å²) < 4.78 is 1.40. The van der Waals surface area contributed by atoms with E-state index in [-0.39, 0.29) is 5.56 Å². The van der Waals surface area contributed by atoms with Crippen molar-refractivity contribution in [2.45, 2.75) is 19.4 Å². The van der Waals surface area contributed by atoms with Crippen molar-refractivity contribution >= 4 is 5.69 Å². The van der Waals surface area contributed by atoms with E-state index in [1.165, 1.54) is 4.68 Å². The minimum atomic E-state index is -0.406. The van der Waals surface area contributed by atoms with Gasteiger partial charge >= 0.3 is 0 Å². The smallest absolute Gasteiger partial charge is 0.273 e. The fraction of sp³-hybridized carbons (Fsp3) is 0.286. The zero-order valence-corrected chi connectivity index (χ0v) is 11.2. The van der Waals surface area contributed by atoms with Gasteiger partial charge in [0.15, 0.2) is 0 Å². The summed E-state index contributed by atoms with van der Waals surface area (Å²) in [5.41, 5.74) is 9.04. The van der Waals surface area contributed by atoms with Crippen LogP contribution in [0.15, 0.2) is 35.1 Å². The second-order valence-corrected chi connectivity index (χ2v) is 5.27. The first kappa shape index (κ1) is 11.9. The first-order valence-electron chi connectivity index (χ1n) is 6.21. The molecular formula is C14H16N4O. The van der Waals surface area contributed by atoms with Crippen LogP contribution in [0.2, 0.25) is 0 Å². The molecule has 5 heteroatoms. The van der Waals surface area contributed by atoms with E-state index in [2.05, 4.69) is 16.0 Å². The van der Waals surface area contributed by atoms with E-state index in [0.717, 1.165) is 22.5 Å². The van der Waals surface area contributed by atoms with Crippen LogP contribution in [-0.4, -0.2) is 9.78 Å². The molecule has 0 aliphatic carbocycles. The van der Waals surface area contributed by atoms with Gasteiger partial charge in [-0.15, -0.1) is 0 Å². The molecule has 0 atom stereocenters. The summed E-state index contributed by atoms with van der Waals surface area (Å²) >= 11 is 0. The minimum Gasteiger partial charge on any atom is -0.318 e. The number of benzene rings is 1. The first-order chi connectivity index (χ1) is 9.00. The van der Waals surface area contributed by atoms with E-state index >= 15 is 0 Å². The largest absolute Gasteiger partial charge is 0.318 e. The van der Waals surface area contributed by atoms with E-state index in [1.54, 1.807) is 7.05 Å². The molecule has 19 heavy (non-hydrogen) atoms. The Morgan fingerprint density at radius 1 is 1.21 bits per heavy atom. The van der Waals surface area contributed by atoms with Crippen molar-refractivity contribution in [3.8, 4) is 11.3 Å². The fourth-order valence-electron chi connectivity index (χ4n) is 2.41. The Balaban J connectivity index is 2.33. The fourth-order valence-corrected chi connectivity index (χ4v) is 2.41. The normalized spacial score (nSPS) is 15.9. The molecule has 1 aromatic carbocycles. The molecule has 0 saturated carbocycles. The topological polar surface area (TPSA) is 59.0 Å². The molecule has 1 aliphatic heterocycles. The molecule has 3 rings (SSSR count). The van der Waals surface area contributed by atoms with E-state index in [9.17, 15) is 4.79 Å². The third-order valence-electron chi connectivity index (χ3n) is 3.42. The lowest BCUT2D eigenvalue weighted by Gasteiger charge is -2.17. The number of hydrazine groups is 1. The number of aromatic nitrogens is 2.